The number of fused-ring (bicyclic) bond motifs is 1. The summed E-state index contributed by atoms with van der Waals surface area (Å²) in [5.41, 5.74) is 1.75. The second-order valence-electron chi connectivity index (χ2n) is 7.22. The fourth-order valence-corrected chi connectivity index (χ4v) is 3.34. The van der Waals surface area contributed by atoms with Crippen molar-refractivity contribution in [2.45, 2.75) is 19.6 Å². The third kappa shape index (κ3) is 4.55. The molecule has 0 saturated heterocycles. The molecule has 32 heavy (non-hydrogen) atoms. The van der Waals surface area contributed by atoms with Gasteiger partial charge in [0, 0.05) is 11.6 Å². The summed E-state index contributed by atoms with van der Waals surface area (Å²) in [5.74, 6) is 1.08. The molecule has 1 unspecified atom stereocenters. The van der Waals surface area contributed by atoms with Crippen molar-refractivity contribution in [2.24, 2.45) is 0 Å². The van der Waals surface area contributed by atoms with Gasteiger partial charge in [-0.1, -0.05) is 36.4 Å². The number of benzene rings is 2. The highest BCUT2D eigenvalue weighted by atomic mass is 16.5. The van der Waals surface area contributed by atoms with E-state index in [0.717, 1.165) is 11.3 Å². The fourth-order valence-electron chi connectivity index (χ4n) is 3.34. The molecule has 0 fully saturated rings. The summed E-state index contributed by atoms with van der Waals surface area (Å²) >= 11 is 0. The minimum absolute atomic E-state index is 0.0219. The highest BCUT2D eigenvalue weighted by Gasteiger charge is 2.14. The van der Waals surface area contributed by atoms with Gasteiger partial charge in [-0.2, -0.15) is 10.2 Å². The van der Waals surface area contributed by atoms with Crippen molar-refractivity contribution in [3.8, 4) is 17.2 Å². The molecule has 0 amide bonds. The highest BCUT2D eigenvalue weighted by molar-refractivity contribution is 5.76. The molecule has 0 aliphatic heterocycles. The van der Waals surface area contributed by atoms with Crippen molar-refractivity contribution in [1.82, 2.24) is 19.6 Å². The molecule has 1 N–H and O–H groups in total. The largest absolute Gasteiger partial charge is 0.493 e. The Morgan fingerprint density at radius 1 is 1.16 bits per heavy atom. The Morgan fingerprint density at radius 3 is 2.72 bits per heavy atom. The zero-order chi connectivity index (χ0) is 22.5. The number of rotatable bonds is 8. The number of para-hydroxylation sites is 1. The molecule has 8 nitrogen and oxygen atoms in total. The zero-order valence-corrected chi connectivity index (χ0v) is 17.9. The second kappa shape index (κ2) is 9.49. The van der Waals surface area contributed by atoms with Crippen molar-refractivity contribution in [3.05, 3.63) is 82.9 Å². The lowest BCUT2D eigenvalue weighted by atomic mass is 10.2. The lowest BCUT2D eigenvalue weighted by Gasteiger charge is -2.15. The first-order chi connectivity index (χ1) is 15.6. The van der Waals surface area contributed by atoms with Crippen molar-refractivity contribution < 1.29 is 14.6 Å². The SMILES string of the molecule is C/C=C/c1ccc(OCC(O)Cn2ncc3cn(-c4ccccc4)nc3c2=O)c(OC)c1. The fraction of sp³-hybridized carbons (Fsp3) is 0.208. The van der Waals surface area contributed by atoms with E-state index < -0.39 is 6.10 Å². The van der Waals surface area contributed by atoms with Crippen LogP contribution in [0, 0.1) is 0 Å². The van der Waals surface area contributed by atoms with Crippen LogP contribution in [0.3, 0.4) is 0 Å². The van der Waals surface area contributed by atoms with Crippen LogP contribution in [0.1, 0.15) is 12.5 Å². The van der Waals surface area contributed by atoms with Gasteiger partial charge in [0.1, 0.15) is 12.7 Å². The summed E-state index contributed by atoms with van der Waals surface area (Å²) in [6.07, 6.45) is 6.26. The Kier molecular flexibility index (Phi) is 6.32. The van der Waals surface area contributed by atoms with Crippen molar-refractivity contribution >= 4 is 17.0 Å². The van der Waals surface area contributed by atoms with Crippen LogP contribution in [0.5, 0.6) is 11.5 Å². The molecule has 0 bridgehead atoms. The minimum atomic E-state index is -0.950. The smallest absolute Gasteiger partial charge is 0.295 e. The molecule has 0 saturated carbocycles. The molecule has 2 aromatic carbocycles. The van der Waals surface area contributed by atoms with Crippen molar-refractivity contribution in [1.29, 1.82) is 0 Å². The summed E-state index contributed by atoms with van der Waals surface area (Å²) in [5, 5.41) is 19.7. The van der Waals surface area contributed by atoms with E-state index in [2.05, 4.69) is 10.2 Å². The molecule has 4 rings (SSSR count). The number of ether oxygens (including phenoxy) is 2. The van der Waals surface area contributed by atoms with Gasteiger partial charge in [-0.15, -0.1) is 0 Å². The van der Waals surface area contributed by atoms with E-state index in [1.807, 2.05) is 61.5 Å². The maximum atomic E-state index is 12.8. The Labute approximate surface area is 185 Å². The lowest BCUT2D eigenvalue weighted by Crippen LogP contribution is -2.32. The number of aliphatic hydroxyl groups excluding tert-OH is 1. The van der Waals surface area contributed by atoms with E-state index in [1.165, 1.54) is 4.68 Å². The quantitative estimate of drug-likeness (QED) is 0.460. The molecular formula is C24H24N4O4. The molecule has 0 aliphatic carbocycles. The molecule has 0 spiro atoms. The molecule has 2 heterocycles. The number of nitrogens with zero attached hydrogens (tertiary/aromatic N) is 4. The van der Waals surface area contributed by atoms with E-state index in [4.69, 9.17) is 9.47 Å². The van der Waals surface area contributed by atoms with E-state index in [1.54, 1.807) is 30.3 Å². The first-order valence-corrected chi connectivity index (χ1v) is 10.2. The molecule has 1 atom stereocenters. The van der Waals surface area contributed by atoms with Crippen LogP contribution in [0.25, 0.3) is 22.7 Å². The third-order valence-corrected chi connectivity index (χ3v) is 4.90. The maximum absolute atomic E-state index is 12.8. The summed E-state index contributed by atoms with van der Waals surface area (Å²) in [4.78, 5) is 12.8. The third-order valence-electron chi connectivity index (χ3n) is 4.90. The molecule has 8 heteroatoms. The van der Waals surface area contributed by atoms with Gasteiger partial charge >= 0.3 is 0 Å². The molecule has 0 aliphatic rings. The Hall–Kier alpha value is -3.91. The normalized spacial score (nSPS) is 12.3. The van der Waals surface area contributed by atoms with Crippen LogP contribution in [0.4, 0.5) is 0 Å². The second-order valence-corrected chi connectivity index (χ2v) is 7.22. The number of allylic oxidation sites excluding steroid dienone is 1. The van der Waals surface area contributed by atoms with E-state index in [-0.39, 0.29) is 18.7 Å². The van der Waals surface area contributed by atoms with Gasteiger partial charge in [-0.25, -0.2) is 9.36 Å². The van der Waals surface area contributed by atoms with Gasteiger partial charge in [0.25, 0.3) is 5.56 Å². The number of hydrogen-bond donors (Lipinski definition) is 1. The van der Waals surface area contributed by atoms with E-state index >= 15 is 0 Å². The Morgan fingerprint density at radius 2 is 1.97 bits per heavy atom. The van der Waals surface area contributed by atoms with Crippen molar-refractivity contribution in [3.63, 3.8) is 0 Å². The van der Waals surface area contributed by atoms with Gasteiger partial charge in [-0.3, -0.25) is 4.79 Å². The first kappa shape index (κ1) is 21.3. The Balaban J connectivity index is 1.47. The predicted molar refractivity (Wildman–Crippen MR) is 122 cm³/mol. The molecule has 4 aromatic rings. The van der Waals surface area contributed by atoms with Gasteiger partial charge in [0.2, 0.25) is 0 Å². The van der Waals surface area contributed by atoms with Crippen LogP contribution in [-0.2, 0) is 6.54 Å². The van der Waals surface area contributed by atoms with Crippen LogP contribution >= 0.6 is 0 Å². The standard InChI is InChI=1S/C24H24N4O4/c1-3-7-17-10-11-21(22(12-17)31-2)32-16-20(29)15-28-24(30)23-18(13-25-28)14-27(26-23)19-8-5-4-6-9-19/h3-14,20,29H,15-16H2,1-2H3/b7-3+. The summed E-state index contributed by atoms with van der Waals surface area (Å²) in [6, 6.07) is 15.0. The van der Waals surface area contributed by atoms with Crippen LogP contribution < -0.4 is 15.0 Å². The summed E-state index contributed by atoms with van der Waals surface area (Å²) in [6.45, 7) is 1.89. The van der Waals surface area contributed by atoms with Gasteiger partial charge in [0.15, 0.2) is 17.0 Å². The molecule has 164 valence electrons. The number of aliphatic hydroxyl groups is 1. The summed E-state index contributed by atoms with van der Waals surface area (Å²) in [7, 11) is 1.56. The lowest BCUT2D eigenvalue weighted by molar-refractivity contribution is 0.0867. The van der Waals surface area contributed by atoms with E-state index in [9.17, 15) is 9.90 Å². The highest BCUT2D eigenvalue weighted by Crippen LogP contribution is 2.28. The maximum Gasteiger partial charge on any atom is 0.295 e. The van der Waals surface area contributed by atoms with E-state index in [0.29, 0.717) is 22.4 Å². The number of aromatic nitrogens is 4. The molecular weight excluding hydrogens is 408 g/mol. The van der Waals surface area contributed by atoms with Crippen LogP contribution in [0.2, 0.25) is 0 Å². The zero-order valence-electron chi connectivity index (χ0n) is 17.9. The van der Waals surface area contributed by atoms with Gasteiger partial charge < -0.3 is 14.6 Å². The molecule has 2 aromatic heterocycles. The Bertz CT molecular complexity index is 1290. The number of hydrogen-bond acceptors (Lipinski definition) is 6. The first-order valence-electron chi connectivity index (χ1n) is 10.2. The minimum Gasteiger partial charge on any atom is -0.493 e. The van der Waals surface area contributed by atoms with Crippen LogP contribution in [0.15, 0.2) is 71.8 Å². The van der Waals surface area contributed by atoms with Gasteiger partial charge in [0.05, 0.1) is 25.5 Å². The number of methoxy groups -OCH3 is 1. The topological polar surface area (TPSA) is 91.4 Å². The monoisotopic (exact) mass is 432 g/mol. The average Bonchev–Trinajstić information content (AvgIpc) is 3.26. The van der Waals surface area contributed by atoms with Crippen molar-refractivity contribution in [2.75, 3.05) is 13.7 Å². The van der Waals surface area contributed by atoms with Gasteiger partial charge in [-0.05, 0) is 36.8 Å². The summed E-state index contributed by atoms with van der Waals surface area (Å²) < 4.78 is 13.9. The average molecular weight is 432 g/mol. The van der Waals surface area contributed by atoms with Crippen LogP contribution in [-0.4, -0.2) is 44.5 Å². The predicted octanol–water partition coefficient (Wildman–Crippen LogP) is 3.06. The molecule has 0 radical (unpaired) electrons.